The molecule has 0 bridgehead atoms. The first-order valence-corrected chi connectivity index (χ1v) is 6.82. The van der Waals surface area contributed by atoms with E-state index < -0.39 is 0 Å². The Hall–Kier alpha value is -0.340. The molecule has 2 rings (SSSR count). The summed E-state index contributed by atoms with van der Waals surface area (Å²) in [6.07, 6.45) is 6.83. The smallest absolute Gasteiger partial charge is 0.0208 e. The van der Waals surface area contributed by atoms with Crippen LogP contribution in [0, 0.1) is 0 Å². The highest BCUT2D eigenvalue weighted by Gasteiger charge is 2.25. The van der Waals surface area contributed by atoms with Gasteiger partial charge in [-0.05, 0) is 45.1 Å². The van der Waals surface area contributed by atoms with E-state index in [1.807, 2.05) is 0 Å². The van der Waals surface area contributed by atoms with Crippen molar-refractivity contribution in [3.63, 3.8) is 0 Å². The first-order valence-electron chi connectivity index (χ1n) is 6.82. The summed E-state index contributed by atoms with van der Waals surface area (Å²) in [5, 5.41) is 3.55. The van der Waals surface area contributed by atoms with E-state index in [1.54, 1.807) is 0 Å². The second-order valence-electron chi connectivity index (χ2n) is 5.71. The van der Waals surface area contributed by atoms with Crippen molar-refractivity contribution in [3.8, 4) is 0 Å². The molecule has 1 aliphatic heterocycles. The molecule has 0 aromatic heterocycles. The molecule has 2 nitrogen and oxygen atoms in total. The minimum Gasteiger partial charge on any atom is -0.310 e. The summed E-state index contributed by atoms with van der Waals surface area (Å²) in [7, 11) is 0. The van der Waals surface area contributed by atoms with Crippen LogP contribution in [0.15, 0.2) is 12.2 Å². The second kappa shape index (κ2) is 5.33. The number of nitrogens with zero attached hydrogens (tertiary/aromatic N) is 1. The number of nitrogens with one attached hydrogen (secondary N) is 1. The fourth-order valence-electron chi connectivity index (χ4n) is 2.68. The average Bonchev–Trinajstić information content (AvgIpc) is 3.04. The van der Waals surface area contributed by atoms with Crippen LogP contribution in [0.1, 0.15) is 46.0 Å². The van der Waals surface area contributed by atoms with Crippen molar-refractivity contribution in [2.75, 3.05) is 13.1 Å². The molecule has 1 saturated heterocycles. The standard InChI is InChI=1S/C14H26N2/c1-11(9-15-14-7-8-14)10-16-12(2)5-4-6-13(16)3/h12-15H,1,4-10H2,2-3H3. The maximum absolute atomic E-state index is 4.21. The Kier molecular flexibility index (Phi) is 4.04. The zero-order valence-corrected chi connectivity index (χ0v) is 10.8. The van der Waals surface area contributed by atoms with Crippen LogP contribution >= 0.6 is 0 Å². The molecule has 2 unspecified atom stereocenters. The van der Waals surface area contributed by atoms with E-state index >= 15 is 0 Å². The maximum atomic E-state index is 4.21. The van der Waals surface area contributed by atoms with Crippen molar-refractivity contribution < 1.29 is 0 Å². The van der Waals surface area contributed by atoms with Gasteiger partial charge in [0.25, 0.3) is 0 Å². The second-order valence-corrected chi connectivity index (χ2v) is 5.71. The maximum Gasteiger partial charge on any atom is 0.0208 e. The van der Waals surface area contributed by atoms with Crippen LogP contribution in [0.4, 0.5) is 0 Å². The van der Waals surface area contributed by atoms with Gasteiger partial charge in [0.05, 0.1) is 0 Å². The average molecular weight is 222 g/mol. The van der Waals surface area contributed by atoms with Crippen molar-refractivity contribution in [1.82, 2.24) is 10.2 Å². The Morgan fingerprint density at radius 1 is 1.19 bits per heavy atom. The van der Waals surface area contributed by atoms with Crippen LogP contribution in [-0.4, -0.2) is 36.1 Å². The van der Waals surface area contributed by atoms with E-state index in [0.717, 1.165) is 31.2 Å². The van der Waals surface area contributed by atoms with Crippen LogP contribution < -0.4 is 5.32 Å². The van der Waals surface area contributed by atoms with Gasteiger partial charge in [0.15, 0.2) is 0 Å². The monoisotopic (exact) mass is 222 g/mol. The first kappa shape index (κ1) is 12.1. The molecule has 16 heavy (non-hydrogen) atoms. The predicted molar refractivity (Wildman–Crippen MR) is 69.6 cm³/mol. The molecular formula is C14H26N2. The molecule has 2 aliphatic rings. The third-order valence-corrected chi connectivity index (χ3v) is 4.00. The zero-order valence-electron chi connectivity index (χ0n) is 10.8. The Morgan fingerprint density at radius 2 is 1.81 bits per heavy atom. The van der Waals surface area contributed by atoms with Crippen LogP contribution in [0.3, 0.4) is 0 Å². The molecule has 1 aliphatic carbocycles. The Morgan fingerprint density at radius 3 is 2.38 bits per heavy atom. The molecule has 2 fully saturated rings. The predicted octanol–water partition coefficient (Wildman–Crippen LogP) is 2.56. The molecule has 0 aromatic rings. The molecule has 0 radical (unpaired) electrons. The van der Waals surface area contributed by atoms with E-state index in [2.05, 4.69) is 30.6 Å². The number of likely N-dealkylation sites (tertiary alicyclic amines) is 1. The molecular weight excluding hydrogens is 196 g/mol. The summed E-state index contributed by atoms with van der Waals surface area (Å²) in [6.45, 7) is 11.0. The highest BCUT2D eigenvalue weighted by Crippen LogP contribution is 2.23. The van der Waals surface area contributed by atoms with E-state index in [9.17, 15) is 0 Å². The number of hydrogen-bond acceptors (Lipinski definition) is 2. The third-order valence-electron chi connectivity index (χ3n) is 4.00. The summed E-state index contributed by atoms with van der Waals surface area (Å²) in [4.78, 5) is 2.63. The largest absolute Gasteiger partial charge is 0.310 e. The summed E-state index contributed by atoms with van der Waals surface area (Å²) in [6, 6.07) is 2.27. The summed E-state index contributed by atoms with van der Waals surface area (Å²) >= 11 is 0. The van der Waals surface area contributed by atoms with Crippen LogP contribution in [0.5, 0.6) is 0 Å². The molecule has 1 N–H and O–H groups in total. The minimum atomic E-state index is 0.737. The Bertz CT molecular complexity index is 235. The SMILES string of the molecule is C=C(CNC1CC1)CN1C(C)CCCC1C. The highest BCUT2D eigenvalue weighted by atomic mass is 15.2. The number of hydrogen-bond donors (Lipinski definition) is 1. The fraction of sp³-hybridized carbons (Fsp3) is 0.857. The van der Waals surface area contributed by atoms with Crippen molar-refractivity contribution in [1.29, 1.82) is 0 Å². The Balaban J connectivity index is 1.74. The quantitative estimate of drug-likeness (QED) is 0.719. The van der Waals surface area contributed by atoms with Crippen molar-refractivity contribution in [2.24, 2.45) is 0 Å². The molecule has 0 spiro atoms. The lowest BCUT2D eigenvalue weighted by molar-refractivity contribution is 0.115. The molecule has 1 heterocycles. The van der Waals surface area contributed by atoms with E-state index in [0.29, 0.717) is 0 Å². The van der Waals surface area contributed by atoms with E-state index in [1.165, 1.54) is 37.7 Å². The molecule has 1 saturated carbocycles. The van der Waals surface area contributed by atoms with Gasteiger partial charge in [0.1, 0.15) is 0 Å². The van der Waals surface area contributed by atoms with Gasteiger partial charge in [-0.3, -0.25) is 4.90 Å². The minimum absolute atomic E-state index is 0.737. The lowest BCUT2D eigenvalue weighted by atomic mass is 9.97. The topological polar surface area (TPSA) is 15.3 Å². The highest BCUT2D eigenvalue weighted by molar-refractivity contribution is 5.03. The van der Waals surface area contributed by atoms with E-state index in [-0.39, 0.29) is 0 Å². The third kappa shape index (κ3) is 3.33. The summed E-state index contributed by atoms with van der Waals surface area (Å²) < 4.78 is 0. The fourth-order valence-corrected chi connectivity index (χ4v) is 2.68. The van der Waals surface area contributed by atoms with Gasteiger partial charge in [-0.15, -0.1) is 0 Å². The van der Waals surface area contributed by atoms with Crippen LogP contribution in [-0.2, 0) is 0 Å². The number of piperidine rings is 1. The van der Waals surface area contributed by atoms with Gasteiger partial charge in [0.2, 0.25) is 0 Å². The van der Waals surface area contributed by atoms with Gasteiger partial charge < -0.3 is 5.32 Å². The first-order chi connectivity index (χ1) is 7.66. The lowest BCUT2D eigenvalue weighted by Gasteiger charge is -2.39. The van der Waals surface area contributed by atoms with Crippen LogP contribution in [0.25, 0.3) is 0 Å². The molecule has 0 amide bonds. The van der Waals surface area contributed by atoms with E-state index in [4.69, 9.17) is 0 Å². The normalized spacial score (nSPS) is 31.6. The molecule has 2 atom stereocenters. The Labute approximate surface area is 100 Å². The molecule has 2 heteroatoms. The number of rotatable bonds is 5. The lowest BCUT2D eigenvalue weighted by Crippen LogP contribution is -2.45. The van der Waals surface area contributed by atoms with Gasteiger partial charge in [-0.1, -0.05) is 13.0 Å². The van der Waals surface area contributed by atoms with Gasteiger partial charge in [-0.25, -0.2) is 0 Å². The molecule has 92 valence electrons. The summed E-state index contributed by atoms with van der Waals surface area (Å²) in [5.74, 6) is 0. The van der Waals surface area contributed by atoms with Crippen molar-refractivity contribution >= 4 is 0 Å². The molecule has 0 aromatic carbocycles. The van der Waals surface area contributed by atoms with Gasteiger partial charge in [-0.2, -0.15) is 0 Å². The zero-order chi connectivity index (χ0) is 11.5. The van der Waals surface area contributed by atoms with Gasteiger partial charge >= 0.3 is 0 Å². The van der Waals surface area contributed by atoms with Crippen LogP contribution in [0.2, 0.25) is 0 Å². The van der Waals surface area contributed by atoms with Crippen molar-refractivity contribution in [2.45, 2.75) is 64.1 Å². The van der Waals surface area contributed by atoms with Gasteiger partial charge in [0, 0.05) is 31.2 Å². The van der Waals surface area contributed by atoms with Crippen molar-refractivity contribution in [3.05, 3.63) is 12.2 Å². The summed E-state index contributed by atoms with van der Waals surface area (Å²) in [5.41, 5.74) is 1.35.